The van der Waals surface area contributed by atoms with E-state index in [1.54, 1.807) is 7.05 Å². The summed E-state index contributed by atoms with van der Waals surface area (Å²) < 4.78 is 0. The first-order chi connectivity index (χ1) is 17.1. The predicted molar refractivity (Wildman–Crippen MR) is 135 cm³/mol. The van der Waals surface area contributed by atoms with Gasteiger partial charge in [-0.1, -0.05) is 24.3 Å². The second-order valence-corrected chi connectivity index (χ2v) is 8.40. The quantitative estimate of drug-likeness (QED) is 0.147. The van der Waals surface area contributed by atoms with E-state index in [2.05, 4.69) is 26.6 Å². The molecule has 12 heteroatoms. The van der Waals surface area contributed by atoms with E-state index in [4.69, 9.17) is 5.73 Å². The summed E-state index contributed by atoms with van der Waals surface area (Å²) in [7, 11) is 1.65. The van der Waals surface area contributed by atoms with Gasteiger partial charge in [-0.2, -0.15) is 0 Å². The van der Waals surface area contributed by atoms with Crippen LogP contribution in [-0.2, 0) is 37.1 Å². The Bertz CT molecular complexity index is 873. The zero-order valence-electron chi connectivity index (χ0n) is 21.3. The number of amides is 5. The third-order valence-electron chi connectivity index (χ3n) is 5.26. The monoisotopic (exact) mass is 505 g/mol. The summed E-state index contributed by atoms with van der Waals surface area (Å²) in [4.78, 5) is 59.9. The molecule has 0 aliphatic rings. The molecule has 5 amide bonds. The molecule has 200 valence electrons. The van der Waals surface area contributed by atoms with Crippen molar-refractivity contribution in [2.75, 3.05) is 39.8 Å². The lowest BCUT2D eigenvalue weighted by atomic mass is 10.1. The number of hydrogen-bond acceptors (Lipinski definition) is 7. The number of carbonyl (C=O) groups is 5. The Morgan fingerprint density at radius 1 is 0.889 bits per heavy atom. The second-order valence-electron chi connectivity index (χ2n) is 8.40. The van der Waals surface area contributed by atoms with Crippen molar-refractivity contribution in [3.8, 4) is 0 Å². The van der Waals surface area contributed by atoms with Gasteiger partial charge in [-0.05, 0) is 24.6 Å². The Hall–Kier alpha value is -3.51. The molecular weight excluding hydrogens is 466 g/mol. The molecule has 0 radical (unpaired) electrons. The molecule has 7 N–H and O–H groups in total. The fraction of sp³-hybridized carbons (Fsp3) is 0.542. The van der Waals surface area contributed by atoms with Gasteiger partial charge in [0.25, 0.3) is 0 Å². The number of hydrogen-bond donors (Lipinski definition) is 6. The van der Waals surface area contributed by atoms with Crippen molar-refractivity contribution in [1.29, 1.82) is 0 Å². The Balaban J connectivity index is 2.56. The summed E-state index contributed by atoms with van der Waals surface area (Å²) in [5, 5.41) is 14.0. The molecule has 0 heterocycles. The maximum absolute atomic E-state index is 12.5. The second kappa shape index (κ2) is 17.0. The number of nitrogens with zero attached hydrogens (tertiary/aromatic N) is 1. The van der Waals surface area contributed by atoms with Crippen LogP contribution in [0, 0.1) is 0 Å². The van der Waals surface area contributed by atoms with Crippen LogP contribution in [-0.4, -0.2) is 80.2 Å². The molecule has 1 rings (SSSR count). The number of benzene rings is 1. The lowest BCUT2D eigenvalue weighted by Gasteiger charge is -2.22. The molecule has 1 aromatic rings. The normalized spacial score (nSPS) is 11.4. The lowest BCUT2D eigenvalue weighted by molar-refractivity contribution is -0.124. The van der Waals surface area contributed by atoms with Crippen molar-refractivity contribution in [2.45, 2.75) is 45.8 Å². The Morgan fingerprint density at radius 3 is 1.94 bits per heavy atom. The number of primary amides is 1. The Morgan fingerprint density at radius 2 is 1.44 bits per heavy atom. The Kier molecular flexibility index (Phi) is 14.4. The smallest absolute Gasteiger partial charge is 0.237 e. The molecule has 0 aliphatic heterocycles. The third-order valence-corrected chi connectivity index (χ3v) is 5.26. The number of nitrogens with two attached hydrogens (primary N) is 1. The minimum Gasteiger partial charge on any atom is -0.370 e. The molecule has 1 aromatic carbocycles. The summed E-state index contributed by atoms with van der Waals surface area (Å²) in [6, 6.07) is 6.97. The predicted octanol–water partition coefficient (Wildman–Crippen LogP) is -1.65. The van der Waals surface area contributed by atoms with Crippen LogP contribution in [0.1, 0.15) is 37.8 Å². The zero-order valence-corrected chi connectivity index (χ0v) is 21.3. The number of rotatable bonds is 17. The highest BCUT2D eigenvalue weighted by Gasteiger charge is 2.17. The highest BCUT2D eigenvalue weighted by molar-refractivity contribution is 5.83. The van der Waals surface area contributed by atoms with Crippen LogP contribution in [0.5, 0.6) is 0 Å². The van der Waals surface area contributed by atoms with Crippen molar-refractivity contribution in [2.24, 2.45) is 5.73 Å². The van der Waals surface area contributed by atoms with Gasteiger partial charge in [-0.3, -0.25) is 28.9 Å². The topological polar surface area (TPSA) is 175 Å². The van der Waals surface area contributed by atoms with Gasteiger partial charge in [0.15, 0.2) is 0 Å². The maximum atomic E-state index is 12.5. The van der Waals surface area contributed by atoms with Crippen molar-refractivity contribution in [3.05, 3.63) is 35.4 Å². The van der Waals surface area contributed by atoms with E-state index in [0.717, 1.165) is 11.1 Å². The number of likely N-dealkylation sites (N-methyl/N-ethyl adjacent to an activating group) is 1. The van der Waals surface area contributed by atoms with E-state index in [1.807, 2.05) is 29.2 Å². The maximum Gasteiger partial charge on any atom is 0.237 e. The lowest BCUT2D eigenvalue weighted by Crippen LogP contribution is -2.44. The van der Waals surface area contributed by atoms with Gasteiger partial charge >= 0.3 is 0 Å². The standard InChI is InChI=1S/C24H39N7O5/c1-17(32)27-9-11-31(12-10-28-18(2)33)16-23(35)29-14-19-5-4-6-20(13-19)15-30-24(36)21(26-3)7-8-22(25)34/h4-6,13,21,26H,7-12,14-16H2,1-3H3,(H2,25,34)(H,27,32)(H,28,33)(H,29,35)(H,30,36)/t21-/m0/s1. The molecule has 1 atom stereocenters. The van der Waals surface area contributed by atoms with Crippen LogP contribution < -0.4 is 32.3 Å². The molecule has 0 aromatic heterocycles. The minimum absolute atomic E-state index is 0.117. The highest BCUT2D eigenvalue weighted by Crippen LogP contribution is 2.06. The zero-order chi connectivity index (χ0) is 26.9. The van der Waals surface area contributed by atoms with Gasteiger partial charge in [0.05, 0.1) is 12.6 Å². The number of carbonyl (C=O) groups excluding carboxylic acids is 5. The largest absolute Gasteiger partial charge is 0.370 e. The SMILES string of the molecule is CN[C@@H](CCC(N)=O)C(=O)NCc1cccc(CNC(=O)CN(CCNC(C)=O)CCNC(C)=O)c1. The summed E-state index contributed by atoms with van der Waals surface area (Å²) >= 11 is 0. The van der Waals surface area contributed by atoms with Crippen molar-refractivity contribution in [3.63, 3.8) is 0 Å². The van der Waals surface area contributed by atoms with Crippen molar-refractivity contribution >= 4 is 29.5 Å². The van der Waals surface area contributed by atoms with Crippen molar-refractivity contribution in [1.82, 2.24) is 31.5 Å². The van der Waals surface area contributed by atoms with Crippen LogP contribution in [0.15, 0.2) is 24.3 Å². The fourth-order valence-corrected chi connectivity index (χ4v) is 3.36. The number of nitrogens with one attached hydrogen (secondary N) is 5. The van der Waals surface area contributed by atoms with E-state index >= 15 is 0 Å². The minimum atomic E-state index is -0.515. The molecule has 0 aliphatic carbocycles. The third kappa shape index (κ3) is 14.0. The van der Waals surface area contributed by atoms with Gasteiger partial charge in [0.1, 0.15) is 0 Å². The molecular formula is C24H39N7O5. The summed E-state index contributed by atoms with van der Waals surface area (Å²) in [6.45, 7) is 5.31. The summed E-state index contributed by atoms with van der Waals surface area (Å²) in [6.07, 6.45) is 0.433. The fourth-order valence-electron chi connectivity index (χ4n) is 3.36. The average Bonchev–Trinajstić information content (AvgIpc) is 2.81. The van der Waals surface area contributed by atoms with Gasteiger partial charge < -0.3 is 32.3 Å². The molecule has 0 saturated heterocycles. The molecule has 36 heavy (non-hydrogen) atoms. The Labute approximate surface area is 212 Å². The van der Waals surface area contributed by atoms with E-state index in [0.29, 0.717) is 45.7 Å². The van der Waals surface area contributed by atoms with E-state index in [1.165, 1.54) is 13.8 Å². The highest BCUT2D eigenvalue weighted by atomic mass is 16.2. The van der Waals surface area contributed by atoms with Crippen LogP contribution in [0.2, 0.25) is 0 Å². The first kappa shape index (κ1) is 30.5. The van der Waals surface area contributed by atoms with Crippen LogP contribution in [0.3, 0.4) is 0 Å². The molecule has 0 saturated carbocycles. The molecule has 12 nitrogen and oxygen atoms in total. The van der Waals surface area contributed by atoms with Gasteiger partial charge in [0, 0.05) is 59.5 Å². The van der Waals surface area contributed by atoms with E-state index in [-0.39, 0.29) is 36.6 Å². The summed E-state index contributed by atoms with van der Waals surface area (Å²) in [5.74, 6) is -1.17. The molecule has 0 unspecified atom stereocenters. The first-order valence-corrected chi connectivity index (χ1v) is 11.9. The molecule has 0 spiro atoms. The van der Waals surface area contributed by atoms with Gasteiger partial charge in [0.2, 0.25) is 29.5 Å². The van der Waals surface area contributed by atoms with Crippen molar-refractivity contribution < 1.29 is 24.0 Å². The molecule has 0 fully saturated rings. The first-order valence-electron chi connectivity index (χ1n) is 11.9. The summed E-state index contributed by atoms with van der Waals surface area (Å²) in [5.41, 5.74) is 6.90. The van der Waals surface area contributed by atoms with Gasteiger partial charge in [-0.15, -0.1) is 0 Å². The van der Waals surface area contributed by atoms with Crippen LogP contribution >= 0.6 is 0 Å². The van der Waals surface area contributed by atoms with E-state index in [9.17, 15) is 24.0 Å². The average molecular weight is 506 g/mol. The van der Waals surface area contributed by atoms with Crippen LogP contribution in [0.25, 0.3) is 0 Å². The van der Waals surface area contributed by atoms with Gasteiger partial charge in [-0.25, -0.2) is 0 Å². The molecule has 0 bridgehead atoms. The van der Waals surface area contributed by atoms with E-state index < -0.39 is 11.9 Å². The van der Waals surface area contributed by atoms with Crippen LogP contribution in [0.4, 0.5) is 0 Å².